The van der Waals surface area contributed by atoms with E-state index < -0.39 is 0 Å². The standard InChI is InChI=1S/C21H25NO4.ClH/c1-22-7-6-12-9-18(25-4)21(26-5)20-14-11-17(24-3)16(23-2)10-13(14)8-15(22)19(12)20;/h9-11,15H,6-8H2,1-5H3;1H/t15-;/m0./s1. The fourth-order valence-corrected chi connectivity index (χ4v) is 4.38. The highest BCUT2D eigenvalue weighted by molar-refractivity contribution is 5.85. The molecule has 1 aliphatic heterocycles. The van der Waals surface area contributed by atoms with Crippen LogP contribution in [0.5, 0.6) is 23.0 Å². The van der Waals surface area contributed by atoms with Gasteiger partial charge in [0.25, 0.3) is 0 Å². The summed E-state index contributed by atoms with van der Waals surface area (Å²) in [5, 5.41) is 0. The summed E-state index contributed by atoms with van der Waals surface area (Å²) in [6.07, 6.45) is 1.96. The minimum absolute atomic E-state index is 0. The van der Waals surface area contributed by atoms with Crippen molar-refractivity contribution < 1.29 is 18.9 Å². The lowest BCUT2D eigenvalue weighted by Crippen LogP contribution is -2.35. The van der Waals surface area contributed by atoms with Crippen LogP contribution in [0, 0.1) is 0 Å². The Kier molecular flexibility index (Phi) is 5.45. The molecule has 0 unspecified atom stereocenters. The second-order valence-corrected chi connectivity index (χ2v) is 6.87. The Morgan fingerprint density at radius 2 is 1.48 bits per heavy atom. The molecule has 2 aromatic rings. The lowest BCUT2D eigenvalue weighted by atomic mass is 9.76. The van der Waals surface area contributed by atoms with Crippen molar-refractivity contribution in [3.63, 3.8) is 0 Å². The van der Waals surface area contributed by atoms with Crippen molar-refractivity contribution in [2.45, 2.75) is 18.9 Å². The van der Waals surface area contributed by atoms with Crippen LogP contribution in [-0.4, -0.2) is 46.9 Å². The van der Waals surface area contributed by atoms with Gasteiger partial charge in [0, 0.05) is 18.2 Å². The molecule has 1 aliphatic carbocycles. The summed E-state index contributed by atoms with van der Waals surface area (Å²) in [6, 6.07) is 6.64. The molecule has 0 radical (unpaired) electrons. The zero-order valence-electron chi connectivity index (χ0n) is 16.4. The number of halogens is 1. The van der Waals surface area contributed by atoms with Gasteiger partial charge in [0.1, 0.15) is 0 Å². The molecule has 2 aliphatic rings. The SMILES string of the molecule is COc1cc2c(cc1OC)-c1c(OC)c(OC)cc3c1[C@H](C2)N(C)CC3.Cl. The summed E-state index contributed by atoms with van der Waals surface area (Å²) in [5.74, 6) is 3.06. The monoisotopic (exact) mass is 391 g/mol. The van der Waals surface area contributed by atoms with Crippen LogP contribution < -0.4 is 18.9 Å². The first-order chi connectivity index (χ1) is 12.6. The van der Waals surface area contributed by atoms with E-state index in [9.17, 15) is 0 Å². The molecule has 146 valence electrons. The largest absolute Gasteiger partial charge is 0.493 e. The minimum Gasteiger partial charge on any atom is -0.493 e. The summed E-state index contributed by atoms with van der Waals surface area (Å²) in [5.41, 5.74) is 6.21. The van der Waals surface area contributed by atoms with Gasteiger partial charge in [0.15, 0.2) is 23.0 Å². The third-order valence-corrected chi connectivity index (χ3v) is 5.69. The molecular weight excluding hydrogens is 366 g/mol. The smallest absolute Gasteiger partial charge is 0.168 e. The van der Waals surface area contributed by atoms with Gasteiger partial charge in [-0.2, -0.15) is 0 Å². The van der Waals surface area contributed by atoms with Gasteiger partial charge in [0.05, 0.1) is 28.4 Å². The number of methoxy groups -OCH3 is 4. The van der Waals surface area contributed by atoms with E-state index in [-0.39, 0.29) is 12.4 Å². The van der Waals surface area contributed by atoms with Crippen molar-refractivity contribution in [3.8, 4) is 34.1 Å². The highest BCUT2D eigenvalue weighted by Gasteiger charge is 2.36. The van der Waals surface area contributed by atoms with Gasteiger partial charge >= 0.3 is 0 Å². The van der Waals surface area contributed by atoms with Crippen LogP contribution in [0.2, 0.25) is 0 Å². The molecule has 5 nitrogen and oxygen atoms in total. The highest BCUT2D eigenvalue weighted by atomic mass is 35.5. The molecular formula is C21H26ClNO4. The quantitative estimate of drug-likeness (QED) is 0.790. The molecule has 0 N–H and O–H groups in total. The lowest BCUT2D eigenvalue weighted by Gasteiger charge is -2.40. The topological polar surface area (TPSA) is 40.2 Å². The van der Waals surface area contributed by atoms with Crippen LogP contribution in [0.25, 0.3) is 11.1 Å². The molecule has 0 saturated carbocycles. The van der Waals surface area contributed by atoms with E-state index in [0.29, 0.717) is 6.04 Å². The van der Waals surface area contributed by atoms with Crippen LogP contribution in [0.1, 0.15) is 22.7 Å². The normalized spacial score (nSPS) is 17.3. The van der Waals surface area contributed by atoms with E-state index in [4.69, 9.17) is 18.9 Å². The van der Waals surface area contributed by atoms with Crippen LogP contribution in [0.15, 0.2) is 18.2 Å². The van der Waals surface area contributed by atoms with E-state index in [0.717, 1.165) is 53.5 Å². The van der Waals surface area contributed by atoms with Gasteiger partial charge in [-0.1, -0.05) is 0 Å². The van der Waals surface area contributed by atoms with E-state index >= 15 is 0 Å². The molecule has 2 aromatic carbocycles. The second-order valence-electron chi connectivity index (χ2n) is 6.87. The van der Waals surface area contributed by atoms with E-state index in [2.05, 4.69) is 30.1 Å². The summed E-state index contributed by atoms with van der Waals surface area (Å²) < 4.78 is 22.6. The van der Waals surface area contributed by atoms with Crippen molar-refractivity contribution in [2.75, 3.05) is 42.0 Å². The Labute approximate surface area is 166 Å². The number of hydrogen-bond acceptors (Lipinski definition) is 5. The van der Waals surface area contributed by atoms with Gasteiger partial charge in [0.2, 0.25) is 0 Å². The predicted molar refractivity (Wildman–Crippen MR) is 108 cm³/mol. The predicted octanol–water partition coefficient (Wildman–Crippen LogP) is 3.89. The van der Waals surface area contributed by atoms with Gasteiger partial charge in [-0.25, -0.2) is 0 Å². The number of rotatable bonds is 4. The van der Waals surface area contributed by atoms with Crippen molar-refractivity contribution >= 4 is 12.4 Å². The third kappa shape index (κ3) is 2.89. The summed E-state index contributed by atoms with van der Waals surface area (Å²) in [7, 11) is 8.94. The summed E-state index contributed by atoms with van der Waals surface area (Å²) in [6.45, 7) is 1.04. The molecule has 0 amide bonds. The van der Waals surface area contributed by atoms with Gasteiger partial charge in [-0.15, -0.1) is 12.4 Å². The van der Waals surface area contributed by atoms with Crippen LogP contribution in [-0.2, 0) is 12.8 Å². The minimum atomic E-state index is 0. The Bertz CT molecular complexity index is 868. The third-order valence-electron chi connectivity index (χ3n) is 5.69. The molecule has 0 fully saturated rings. The Morgan fingerprint density at radius 1 is 0.852 bits per heavy atom. The fraction of sp³-hybridized carbons (Fsp3) is 0.429. The summed E-state index contributed by atoms with van der Waals surface area (Å²) >= 11 is 0. The molecule has 1 heterocycles. The number of likely N-dealkylation sites (N-methyl/N-ethyl adjacent to an activating group) is 1. The van der Waals surface area contributed by atoms with Crippen molar-refractivity contribution in [1.29, 1.82) is 0 Å². The molecule has 1 atom stereocenters. The fourth-order valence-electron chi connectivity index (χ4n) is 4.38. The number of fused-ring (bicyclic) bond motifs is 2. The maximum Gasteiger partial charge on any atom is 0.168 e. The van der Waals surface area contributed by atoms with Crippen LogP contribution in [0.3, 0.4) is 0 Å². The molecule has 6 heteroatoms. The molecule has 27 heavy (non-hydrogen) atoms. The van der Waals surface area contributed by atoms with Crippen molar-refractivity contribution in [2.24, 2.45) is 0 Å². The molecule has 0 saturated heterocycles. The summed E-state index contributed by atoms with van der Waals surface area (Å²) in [4.78, 5) is 2.43. The first-order valence-electron chi connectivity index (χ1n) is 8.86. The van der Waals surface area contributed by atoms with Crippen LogP contribution >= 0.6 is 12.4 Å². The molecule has 4 rings (SSSR count). The average Bonchev–Trinajstić information content (AvgIpc) is 2.68. The average molecular weight is 392 g/mol. The number of nitrogens with zero attached hydrogens (tertiary/aromatic N) is 1. The first-order valence-corrected chi connectivity index (χ1v) is 8.86. The van der Waals surface area contributed by atoms with Gasteiger partial charge in [-0.3, -0.25) is 4.90 Å². The van der Waals surface area contributed by atoms with Gasteiger partial charge in [-0.05, 0) is 60.3 Å². The lowest BCUT2D eigenvalue weighted by molar-refractivity contribution is 0.226. The molecule has 0 aromatic heterocycles. The Hall–Kier alpha value is -2.11. The maximum atomic E-state index is 5.81. The maximum absolute atomic E-state index is 5.81. The Morgan fingerprint density at radius 3 is 2.11 bits per heavy atom. The first kappa shape index (κ1) is 19.6. The van der Waals surface area contributed by atoms with Crippen molar-refractivity contribution in [3.05, 3.63) is 34.9 Å². The van der Waals surface area contributed by atoms with Crippen molar-refractivity contribution in [1.82, 2.24) is 4.90 Å². The zero-order chi connectivity index (χ0) is 18.4. The number of benzene rings is 2. The second kappa shape index (κ2) is 7.49. The van der Waals surface area contributed by atoms with E-state index in [1.807, 2.05) is 0 Å². The highest BCUT2D eigenvalue weighted by Crippen LogP contribution is 2.53. The van der Waals surface area contributed by atoms with Gasteiger partial charge < -0.3 is 18.9 Å². The number of ether oxygens (including phenoxy) is 4. The molecule has 0 spiro atoms. The Balaban J connectivity index is 0.00000210. The van der Waals surface area contributed by atoms with E-state index in [1.54, 1.807) is 28.4 Å². The van der Waals surface area contributed by atoms with Crippen LogP contribution in [0.4, 0.5) is 0 Å². The molecule has 0 bridgehead atoms. The zero-order valence-corrected chi connectivity index (χ0v) is 17.2. The number of hydrogen-bond donors (Lipinski definition) is 0. The van der Waals surface area contributed by atoms with E-state index in [1.165, 1.54) is 16.7 Å².